The second-order valence-corrected chi connectivity index (χ2v) is 8.86. The molecule has 1 aromatic heterocycles. The Bertz CT molecular complexity index is 921. The highest BCUT2D eigenvalue weighted by molar-refractivity contribution is 7.89. The fraction of sp³-hybridized carbons (Fsp3) is 0.529. The van der Waals surface area contributed by atoms with Crippen LogP contribution in [0.4, 0.5) is 4.39 Å². The minimum atomic E-state index is -3.76. The normalized spacial score (nSPS) is 21.5. The molecule has 0 spiro atoms. The second-order valence-electron chi connectivity index (χ2n) is 6.92. The molecule has 26 heavy (non-hydrogen) atoms. The molecule has 0 saturated carbocycles. The molecule has 0 bridgehead atoms. The lowest BCUT2D eigenvalue weighted by molar-refractivity contribution is 0.324. The zero-order valence-electron chi connectivity index (χ0n) is 14.7. The number of rotatable bonds is 3. The van der Waals surface area contributed by atoms with Gasteiger partial charge in [-0.1, -0.05) is 6.07 Å². The number of hydrogen-bond acceptors (Lipinski definition) is 5. The van der Waals surface area contributed by atoms with Crippen LogP contribution in [0, 0.1) is 12.7 Å². The van der Waals surface area contributed by atoms with Gasteiger partial charge >= 0.3 is 0 Å². The van der Waals surface area contributed by atoms with Gasteiger partial charge in [0.05, 0.1) is 11.4 Å². The number of fused-ring (bicyclic) bond motifs is 1. The van der Waals surface area contributed by atoms with Crippen molar-refractivity contribution in [1.29, 1.82) is 0 Å². The smallest absolute Gasteiger partial charge is 0.243 e. The van der Waals surface area contributed by atoms with Gasteiger partial charge in [-0.05, 0) is 44.0 Å². The van der Waals surface area contributed by atoms with Gasteiger partial charge in [0, 0.05) is 25.6 Å². The van der Waals surface area contributed by atoms with Crippen LogP contribution < -0.4 is 5.32 Å². The number of nitrogens with zero attached hydrogens (tertiary/aromatic N) is 4. The molecular weight excluding hydrogens is 357 g/mol. The first-order valence-electron chi connectivity index (χ1n) is 8.86. The van der Waals surface area contributed by atoms with E-state index in [-0.39, 0.29) is 11.4 Å². The molecule has 0 radical (unpaired) electrons. The van der Waals surface area contributed by atoms with Gasteiger partial charge in [-0.25, -0.2) is 12.8 Å². The molecule has 2 aliphatic rings. The van der Waals surface area contributed by atoms with Crippen molar-refractivity contribution in [3.8, 4) is 0 Å². The van der Waals surface area contributed by atoms with Gasteiger partial charge in [0.1, 0.15) is 17.5 Å². The van der Waals surface area contributed by atoms with E-state index >= 15 is 0 Å². The molecule has 3 heterocycles. The van der Waals surface area contributed by atoms with E-state index < -0.39 is 15.8 Å². The van der Waals surface area contributed by atoms with Crippen LogP contribution in [0.15, 0.2) is 23.1 Å². The summed E-state index contributed by atoms with van der Waals surface area (Å²) in [6, 6.07) is 4.03. The van der Waals surface area contributed by atoms with Gasteiger partial charge in [-0.3, -0.25) is 0 Å². The fourth-order valence-electron chi connectivity index (χ4n) is 3.62. The van der Waals surface area contributed by atoms with E-state index in [1.807, 2.05) is 4.57 Å². The number of piperidine rings is 1. The molecular formula is C17H22FN5O2S. The number of sulfonamides is 1. The fourth-order valence-corrected chi connectivity index (χ4v) is 5.02. The summed E-state index contributed by atoms with van der Waals surface area (Å²) in [5.74, 6) is 1.39. The molecule has 4 rings (SSSR count). The Labute approximate surface area is 152 Å². The van der Waals surface area contributed by atoms with Gasteiger partial charge in [0.15, 0.2) is 0 Å². The molecule has 0 aliphatic carbocycles. The summed E-state index contributed by atoms with van der Waals surface area (Å²) in [7, 11) is -3.76. The van der Waals surface area contributed by atoms with Crippen LogP contribution in [-0.2, 0) is 23.1 Å². The number of aromatic nitrogens is 3. The lowest BCUT2D eigenvalue weighted by Gasteiger charge is -2.29. The molecule has 7 nitrogen and oxygen atoms in total. The molecule has 1 N–H and O–H groups in total. The third-order valence-corrected chi connectivity index (χ3v) is 7.03. The lowest BCUT2D eigenvalue weighted by Crippen LogP contribution is -2.39. The van der Waals surface area contributed by atoms with Crippen LogP contribution in [0.5, 0.6) is 0 Å². The van der Waals surface area contributed by atoms with Crippen LogP contribution in [0.3, 0.4) is 0 Å². The molecule has 1 aromatic carbocycles. The van der Waals surface area contributed by atoms with Crippen LogP contribution in [0.1, 0.15) is 36.0 Å². The number of hydrogen-bond donors (Lipinski definition) is 1. The standard InChI is InChI=1S/C17H22FN5O2S/c1-12-4-5-14(9-15(12)18)26(24,25)22-7-8-23-16(11-22)20-21-17(23)13-3-2-6-19-10-13/h4-5,9,13,19H,2-3,6-8,10-11H2,1H3. The summed E-state index contributed by atoms with van der Waals surface area (Å²) in [5, 5.41) is 11.9. The van der Waals surface area contributed by atoms with Gasteiger partial charge in [0.25, 0.3) is 0 Å². The number of halogens is 1. The van der Waals surface area contributed by atoms with Crippen molar-refractivity contribution >= 4 is 10.0 Å². The first-order valence-corrected chi connectivity index (χ1v) is 10.3. The Morgan fingerprint density at radius 1 is 1.27 bits per heavy atom. The number of nitrogens with one attached hydrogen (secondary N) is 1. The number of aryl methyl sites for hydroxylation is 1. The summed E-state index contributed by atoms with van der Waals surface area (Å²) in [6.45, 7) is 4.51. The van der Waals surface area contributed by atoms with Crippen LogP contribution >= 0.6 is 0 Å². The average molecular weight is 379 g/mol. The first-order chi connectivity index (χ1) is 12.5. The molecule has 2 aliphatic heterocycles. The maximum absolute atomic E-state index is 13.8. The van der Waals surface area contributed by atoms with Crippen LogP contribution in [0.25, 0.3) is 0 Å². The van der Waals surface area contributed by atoms with Crippen LogP contribution in [-0.4, -0.2) is 47.1 Å². The summed E-state index contributed by atoms with van der Waals surface area (Å²) in [5.41, 5.74) is 0.424. The van der Waals surface area contributed by atoms with Crippen molar-refractivity contribution in [2.75, 3.05) is 19.6 Å². The third kappa shape index (κ3) is 3.04. The summed E-state index contributed by atoms with van der Waals surface area (Å²) in [6.07, 6.45) is 2.17. The molecule has 1 fully saturated rings. The molecule has 9 heteroatoms. The Hall–Kier alpha value is -1.84. The van der Waals surface area contributed by atoms with E-state index in [9.17, 15) is 12.8 Å². The third-order valence-electron chi connectivity index (χ3n) is 5.19. The minimum absolute atomic E-state index is 0.0229. The largest absolute Gasteiger partial charge is 0.316 e. The highest BCUT2D eigenvalue weighted by Gasteiger charge is 2.32. The average Bonchev–Trinajstić information content (AvgIpc) is 3.08. The molecule has 140 valence electrons. The Morgan fingerprint density at radius 2 is 2.12 bits per heavy atom. The summed E-state index contributed by atoms with van der Waals surface area (Å²) < 4.78 is 42.9. The van der Waals surface area contributed by atoms with Crippen molar-refractivity contribution in [2.24, 2.45) is 0 Å². The molecule has 1 atom stereocenters. The zero-order chi connectivity index (χ0) is 18.3. The number of benzene rings is 1. The highest BCUT2D eigenvalue weighted by atomic mass is 32.2. The molecule has 1 unspecified atom stereocenters. The quantitative estimate of drug-likeness (QED) is 0.872. The molecule has 2 aromatic rings. The minimum Gasteiger partial charge on any atom is -0.316 e. The Morgan fingerprint density at radius 3 is 2.85 bits per heavy atom. The lowest BCUT2D eigenvalue weighted by atomic mass is 9.99. The van der Waals surface area contributed by atoms with Crippen LogP contribution in [0.2, 0.25) is 0 Å². The summed E-state index contributed by atoms with van der Waals surface area (Å²) in [4.78, 5) is -0.0229. The van der Waals surface area contributed by atoms with E-state index in [0.29, 0.717) is 30.4 Å². The van der Waals surface area contributed by atoms with E-state index in [1.54, 1.807) is 6.92 Å². The summed E-state index contributed by atoms with van der Waals surface area (Å²) >= 11 is 0. The van der Waals surface area contributed by atoms with Crippen molar-refractivity contribution in [3.63, 3.8) is 0 Å². The van der Waals surface area contributed by atoms with Gasteiger partial charge in [-0.2, -0.15) is 4.31 Å². The maximum atomic E-state index is 13.8. The predicted molar refractivity (Wildman–Crippen MR) is 93.6 cm³/mol. The second kappa shape index (κ2) is 6.71. The van der Waals surface area contributed by atoms with E-state index in [2.05, 4.69) is 15.5 Å². The SMILES string of the molecule is Cc1ccc(S(=O)(=O)N2CCn3c(nnc3C3CCCNC3)C2)cc1F. The van der Waals surface area contributed by atoms with Crippen molar-refractivity contribution in [2.45, 2.75) is 43.7 Å². The van der Waals surface area contributed by atoms with Gasteiger partial charge < -0.3 is 9.88 Å². The van der Waals surface area contributed by atoms with Crippen molar-refractivity contribution in [3.05, 3.63) is 41.2 Å². The van der Waals surface area contributed by atoms with Gasteiger partial charge in [-0.15, -0.1) is 10.2 Å². The zero-order valence-corrected chi connectivity index (χ0v) is 15.5. The Kier molecular flexibility index (Phi) is 4.54. The van der Waals surface area contributed by atoms with Gasteiger partial charge in [0.2, 0.25) is 10.0 Å². The van der Waals surface area contributed by atoms with Crippen molar-refractivity contribution < 1.29 is 12.8 Å². The molecule has 0 amide bonds. The highest BCUT2D eigenvalue weighted by Crippen LogP contribution is 2.27. The van der Waals surface area contributed by atoms with E-state index in [4.69, 9.17) is 0 Å². The van der Waals surface area contributed by atoms with E-state index in [1.165, 1.54) is 16.4 Å². The monoisotopic (exact) mass is 379 g/mol. The topological polar surface area (TPSA) is 80.1 Å². The van der Waals surface area contributed by atoms with E-state index in [0.717, 1.165) is 37.8 Å². The first kappa shape index (κ1) is 17.6. The predicted octanol–water partition coefficient (Wildman–Crippen LogP) is 1.40. The Balaban J connectivity index is 1.58. The molecule has 1 saturated heterocycles. The maximum Gasteiger partial charge on any atom is 0.243 e. The van der Waals surface area contributed by atoms with Crippen molar-refractivity contribution in [1.82, 2.24) is 24.4 Å².